The van der Waals surface area contributed by atoms with Gasteiger partial charge in [0.05, 0.1) is 6.20 Å². The number of amides is 1. The topological polar surface area (TPSA) is 80.6 Å². The molecule has 1 amide bonds. The number of anilines is 2. The van der Waals surface area contributed by atoms with Crippen LogP contribution in [0.3, 0.4) is 0 Å². The van der Waals surface area contributed by atoms with Crippen LogP contribution in [0.2, 0.25) is 0 Å². The zero-order valence-corrected chi connectivity index (χ0v) is 14.9. The number of aromatic nitrogens is 3. The number of fused-ring (bicyclic) bond motifs is 3. The second-order valence-electron chi connectivity index (χ2n) is 7.19. The van der Waals surface area contributed by atoms with Crippen molar-refractivity contribution in [1.29, 1.82) is 0 Å². The van der Waals surface area contributed by atoms with Crippen molar-refractivity contribution in [3.63, 3.8) is 0 Å². The Labute approximate surface area is 156 Å². The highest BCUT2D eigenvalue weighted by atomic mass is 16.5. The van der Waals surface area contributed by atoms with Crippen molar-refractivity contribution in [3.8, 4) is 11.6 Å². The summed E-state index contributed by atoms with van der Waals surface area (Å²) in [5, 5.41) is 11.0. The summed E-state index contributed by atoms with van der Waals surface area (Å²) in [6.07, 6.45) is 7.29. The van der Waals surface area contributed by atoms with Crippen LogP contribution in [0.15, 0.2) is 36.5 Å². The molecule has 27 heavy (non-hydrogen) atoms. The van der Waals surface area contributed by atoms with Crippen LogP contribution in [0, 0.1) is 0 Å². The van der Waals surface area contributed by atoms with E-state index in [0.29, 0.717) is 24.1 Å². The molecule has 138 valence electrons. The van der Waals surface area contributed by atoms with E-state index in [2.05, 4.69) is 15.7 Å². The second-order valence-corrected chi connectivity index (χ2v) is 7.19. The fourth-order valence-corrected chi connectivity index (χ4v) is 3.34. The van der Waals surface area contributed by atoms with Gasteiger partial charge in [0.2, 0.25) is 11.8 Å². The molecule has 1 aliphatic carbocycles. The number of hydrogen-bond donors (Lipinski definition) is 2. The Hall–Kier alpha value is -3.09. The number of aryl methyl sites for hydroxylation is 1. The van der Waals surface area contributed by atoms with E-state index in [1.807, 2.05) is 41.0 Å². The van der Waals surface area contributed by atoms with Crippen molar-refractivity contribution in [3.05, 3.63) is 42.1 Å². The highest BCUT2D eigenvalue weighted by Gasteiger charge is 2.23. The molecule has 7 heteroatoms. The lowest BCUT2D eigenvalue weighted by atomic mass is 10.1. The summed E-state index contributed by atoms with van der Waals surface area (Å²) in [6, 6.07) is 9.80. The van der Waals surface area contributed by atoms with Crippen molar-refractivity contribution >= 4 is 23.1 Å². The minimum absolute atomic E-state index is 0.0249. The molecule has 1 saturated carbocycles. The summed E-state index contributed by atoms with van der Waals surface area (Å²) in [4.78, 5) is 16.8. The van der Waals surface area contributed by atoms with Gasteiger partial charge in [0.25, 0.3) is 0 Å². The minimum atomic E-state index is 0.0249. The first kappa shape index (κ1) is 16.1. The van der Waals surface area contributed by atoms with Crippen molar-refractivity contribution in [1.82, 2.24) is 14.6 Å². The summed E-state index contributed by atoms with van der Waals surface area (Å²) in [5.74, 6) is 2.09. The Kier molecular flexibility index (Phi) is 3.92. The van der Waals surface area contributed by atoms with E-state index >= 15 is 0 Å². The van der Waals surface area contributed by atoms with Gasteiger partial charge in [-0.1, -0.05) is 6.07 Å². The van der Waals surface area contributed by atoms with E-state index in [1.54, 1.807) is 0 Å². The molecule has 1 aromatic carbocycles. The number of ether oxygens (including phenoxy) is 1. The van der Waals surface area contributed by atoms with Crippen LogP contribution in [0.4, 0.5) is 11.5 Å². The van der Waals surface area contributed by atoms with Crippen LogP contribution in [0.5, 0.6) is 11.6 Å². The lowest BCUT2D eigenvalue weighted by Crippen LogP contribution is -2.11. The maximum absolute atomic E-state index is 12.1. The molecule has 0 saturated heterocycles. The van der Waals surface area contributed by atoms with Crippen molar-refractivity contribution < 1.29 is 9.53 Å². The van der Waals surface area contributed by atoms with Gasteiger partial charge in [-0.15, -0.1) is 0 Å². The molecule has 0 radical (unpaired) electrons. The molecular formula is C20H21N5O2. The van der Waals surface area contributed by atoms with Crippen LogP contribution in [-0.4, -0.2) is 26.5 Å². The van der Waals surface area contributed by atoms with Crippen molar-refractivity contribution in [2.45, 2.75) is 44.6 Å². The molecule has 3 heterocycles. The summed E-state index contributed by atoms with van der Waals surface area (Å²) < 4.78 is 7.89. The number of carbonyl (C=O) groups is 1. The second kappa shape index (κ2) is 6.57. The van der Waals surface area contributed by atoms with Gasteiger partial charge in [-0.3, -0.25) is 4.79 Å². The number of carbonyl (C=O) groups excluding carboxylic acids is 1. The highest BCUT2D eigenvalue weighted by Crippen LogP contribution is 2.30. The van der Waals surface area contributed by atoms with E-state index in [9.17, 15) is 4.79 Å². The van der Waals surface area contributed by atoms with Gasteiger partial charge in [-0.05, 0) is 44.2 Å². The van der Waals surface area contributed by atoms with E-state index in [4.69, 9.17) is 9.72 Å². The zero-order chi connectivity index (χ0) is 18.2. The maximum atomic E-state index is 12.1. The summed E-state index contributed by atoms with van der Waals surface area (Å²) >= 11 is 0. The van der Waals surface area contributed by atoms with Gasteiger partial charge in [-0.2, -0.15) is 14.6 Å². The molecule has 7 nitrogen and oxygen atoms in total. The standard InChI is InChI=1S/C20H21N5O2/c26-18-7-2-1-4-13-12-21-25-17(22-14-8-9-14)11-19(24-20(13)25)27-16-6-3-5-15(10-16)23-18/h3,5-6,10-12,14,22H,1-2,4,7-9H2,(H,23,26). The zero-order valence-electron chi connectivity index (χ0n) is 14.9. The van der Waals surface area contributed by atoms with Gasteiger partial charge in [-0.25, -0.2) is 0 Å². The third kappa shape index (κ3) is 3.45. The molecule has 1 aliphatic heterocycles. The molecule has 4 bridgehead atoms. The lowest BCUT2D eigenvalue weighted by molar-refractivity contribution is -0.116. The SMILES string of the molecule is O=C1CCCCc2cnn3c(NC4CC4)cc(nc23)Oc2cccc(c2)N1. The van der Waals surface area contributed by atoms with E-state index < -0.39 is 0 Å². The van der Waals surface area contributed by atoms with Crippen LogP contribution < -0.4 is 15.4 Å². The molecule has 0 spiro atoms. The fourth-order valence-electron chi connectivity index (χ4n) is 3.34. The van der Waals surface area contributed by atoms with Gasteiger partial charge < -0.3 is 15.4 Å². The Bertz CT molecular complexity index is 1010. The van der Waals surface area contributed by atoms with Gasteiger partial charge in [0.1, 0.15) is 11.6 Å². The van der Waals surface area contributed by atoms with E-state index in [-0.39, 0.29) is 5.91 Å². The third-order valence-corrected chi connectivity index (χ3v) is 4.89. The predicted octanol–water partition coefficient (Wildman–Crippen LogP) is 3.76. The van der Waals surface area contributed by atoms with Crippen LogP contribution in [0.1, 0.15) is 37.7 Å². The third-order valence-electron chi connectivity index (χ3n) is 4.89. The minimum Gasteiger partial charge on any atom is -0.439 e. The number of nitrogens with one attached hydrogen (secondary N) is 2. The Morgan fingerprint density at radius 2 is 2.07 bits per heavy atom. The summed E-state index contributed by atoms with van der Waals surface area (Å²) in [6.45, 7) is 0. The first-order chi connectivity index (χ1) is 13.2. The molecule has 3 aromatic rings. The van der Waals surface area contributed by atoms with Crippen molar-refractivity contribution in [2.24, 2.45) is 0 Å². The fraction of sp³-hybridized carbons (Fsp3) is 0.350. The van der Waals surface area contributed by atoms with Crippen LogP contribution in [-0.2, 0) is 11.2 Å². The number of benzene rings is 1. The smallest absolute Gasteiger partial charge is 0.224 e. The Morgan fingerprint density at radius 3 is 2.96 bits per heavy atom. The monoisotopic (exact) mass is 363 g/mol. The molecule has 2 aromatic heterocycles. The van der Waals surface area contributed by atoms with Gasteiger partial charge in [0, 0.05) is 35.8 Å². The molecule has 2 aliphatic rings. The quantitative estimate of drug-likeness (QED) is 0.725. The molecule has 5 rings (SSSR count). The molecule has 1 fully saturated rings. The average Bonchev–Trinajstić information content (AvgIpc) is 3.37. The predicted molar refractivity (Wildman–Crippen MR) is 102 cm³/mol. The number of rotatable bonds is 2. The molecule has 0 unspecified atom stereocenters. The molecular weight excluding hydrogens is 342 g/mol. The molecule has 2 N–H and O–H groups in total. The van der Waals surface area contributed by atoms with Crippen LogP contribution in [0.25, 0.3) is 5.65 Å². The maximum Gasteiger partial charge on any atom is 0.224 e. The van der Waals surface area contributed by atoms with Crippen molar-refractivity contribution in [2.75, 3.05) is 10.6 Å². The van der Waals surface area contributed by atoms with Gasteiger partial charge >= 0.3 is 0 Å². The van der Waals surface area contributed by atoms with E-state index in [1.165, 1.54) is 12.8 Å². The molecule has 0 atom stereocenters. The highest BCUT2D eigenvalue weighted by molar-refractivity contribution is 5.90. The first-order valence-corrected chi connectivity index (χ1v) is 9.46. The summed E-state index contributed by atoms with van der Waals surface area (Å²) in [7, 11) is 0. The number of hydrogen-bond acceptors (Lipinski definition) is 5. The van der Waals surface area contributed by atoms with E-state index in [0.717, 1.165) is 42.0 Å². The van der Waals surface area contributed by atoms with Crippen LogP contribution >= 0.6 is 0 Å². The normalized spacial score (nSPS) is 17.3. The van der Waals surface area contributed by atoms with Gasteiger partial charge in [0.15, 0.2) is 5.65 Å². The Morgan fingerprint density at radius 1 is 1.19 bits per heavy atom. The largest absolute Gasteiger partial charge is 0.439 e. The Balaban J connectivity index is 1.59. The average molecular weight is 363 g/mol. The lowest BCUT2D eigenvalue weighted by Gasteiger charge is -2.13. The first-order valence-electron chi connectivity index (χ1n) is 9.46. The summed E-state index contributed by atoms with van der Waals surface area (Å²) in [5.41, 5.74) is 2.62. The number of nitrogens with zero attached hydrogens (tertiary/aromatic N) is 3.